The largest absolute Gasteiger partial charge is 0.396 e. The summed E-state index contributed by atoms with van der Waals surface area (Å²) < 4.78 is 10.9. The number of aldehydes is 1. The lowest BCUT2D eigenvalue weighted by Gasteiger charge is -2.29. The first-order chi connectivity index (χ1) is 7.85. The van der Waals surface area contributed by atoms with Crippen LogP contribution < -0.4 is 0 Å². The molecule has 0 aromatic heterocycles. The smallest absolute Gasteiger partial charge is 0.150 e. The second kappa shape index (κ2) is 5.39. The summed E-state index contributed by atoms with van der Waals surface area (Å²) in [5.74, 6) is 0.0872. The molecule has 2 rings (SSSR count). The number of aliphatic hydroxyl groups is 1. The van der Waals surface area contributed by atoms with Crippen LogP contribution in [0.4, 0.5) is 0 Å². The normalized spacial score (nSPS) is 30.6. The van der Waals surface area contributed by atoms with Crippen LogP contribution in [-0.4, -0.2) is 43.9 Å². The molecule has 1 N–H and O–H groups in total. The molecular formula is C12H16O4. The number of rotatable bonds is 3. The molecule has 0 amide bonds. The first-order valence-corrected chi connectivity index (χ1v) is 5.51. The Morgan fingerprint density at radius 2 is 2.38 bits per heavy atom. The number of ether oxygens (including phenoxy) is 2. The molecule has 1 aliphatic carbocycles. The van der Waals surface area contributed by atoms with Crippen LogP contribution in [-0.2, 0) is 14.3 Å². The van der Waals surface area contributed by atoms with Crippen molar-refractivity contribution in [3.8, 4) is 0 Å². The molecule has 0 aromatic carbocycles. The van der Waals surface area contributed by atoms with Crippen molar-refractivity contribution in [3.63, 3.8) is 0 Å². The summed E-state index contributed by atoms with van der Waals surface area (Å²) in [6.07, 6.45) is 5.03. The SMILES string of the molecule is O=CC1=C(C2COCCO2)CC(CO)C=C1. The van der Waals surface area contributed by atoms with Crippen molar-refractivity contribution in [2.75, 3.05) is 26.4 Å². The Balaban J connectivity index is 2.16. The van der Waals surface area contributed by atoms with Crippen molar-refractivity contribution < 1.29 is 19.4 Å². The zero-order valence-electron chi connectivity index (χ0n) is 9.09. The van der Waals surface area contributed by atoms with Crippen LogP contribution in [0.1, 0.15) is 6.42 Å². The molecule has 1 heterocycles. The van der Waals surface area contributed by atoms with E-state index < -0.39 is 0 Å². The molecule has 0 bridgehead atoms. The van der Waals surface area contributed by atoms with E-state index in [9.17, 15) is 4.79 Å². The second-order valence-corrected chi connectivity index (χ2v) is 4.04. The number of allylic oxidation sites excluding steroid dienone is 2. The average Bonchev–Trinajstić information content (AvgIpc) is 2.39. The molecule has 0 radical (unpaired) electrons. The average molecular weight is 224 g/mol. The highest BCUT2D eigenvalue weighted by atomic mass is 16.6. The van der Waals surface area contributed by atoms with Crippen LogP contribution in [0, 0.1) is 5.92 Å². The Kier molecular flexibility index (Phi) is 3.88. The number of hydrogen-bond acceptors (Lipinski definition) is 4. The lowest BCUT2D eigenvalue weighted by Crippen LogP contribution is -2.32. The minimum atomic E-state index is -0.132. The van der Waals surface area contributed by atoms with Crippen LogP contribution in [0.3, 0.4) is 0 Å². The van der Waals surface area contributed by atoms with Crippen molar-refractivity contribution >= 4 is 6.29 Å². The van der Waals surface area contributed by atoms with E-state index in [0.29, 0.717) is 31.8 Å². The maximum absolute atomic E-state index is 10.9. The number of aliphatic hydroxyl groups excluding tert-OH is 1. The second-order valence-electron chi connectivity index (χ2n) is 4.04. The first-order valence-electron chi connectivity index (χ1n) is 5.51. The molecule has 88 valence electrons. The molecule has 2 aliphatic rings. The zero-order valence-corrected chi connectivity index (χ0v) is 9.09. The molecule has 2 unspecified atom stereocenters. The molecule has 2 atom stereocenters. The standard InChI is InChI=1S/C12H16O4/c13-6-9-1-2-10(7-14)11(5-9)12-8-15-3-4-16-12/h1-2,7,9,12-13H,3-6,8H2. The van der Waals surface area contributed by atoms with Gasteiger partial charge >= 0.3 is 0 Å². The van der Waals surface area contributed by atoms with Crippen LogP contribution >= 0.6 is 0 Å². The molecule has 1 aliphatic heterocycles. The van der Waals surface area contributed by atoms with E-state index >= 15 is 0 Å². The summed E-state index contributed by atoms with van der Waals surface area (Å²) in [6.45, 7) is 1.77. The van der Waals surface area contributed by atoms with Gasteiger partial charge in [0.25, 0.3) is 0 Å². The van der Waals surface area contributed by atoms with Crippen molar-refractivity contribution in [3.05, 3.63) is 23.3 Å². The molecule has 1 fully saturated rings. The number of carbonyl (C=O) groups excluding carboxylic acids is 1. The summed E-state index contributed by atoms with van der Waals surface area (Å²) >= 11 is 0. The summed E-state index contributed by atoms with van der Waals surface area (Å²) in [5.41, 5.74) is 1.62. The van der Waals surface area contributed by atoms with E-state index in [2.05, 4.69) is 0 Å². The summed E-state index contributed by atoms with van der Waals surface area (Å²) in [7, 11) is 0. The highest BCUT2D eigenvalue weighted by Crippen LogP contribution is 2.27. The Labute approximate surface area is 94.5 Å². The Hall–Kier alpha value is -0.970. The fraction of sp³-hybridized carbons (Fsp3) is 0.583. The van der Waals surface area contributed by atoms with Gasteiger partial charge in [0.2, 0.25) is 0 Å². The van der Waals surface area contributed by atoms with E-state index in [-0.39, 0.29) is 18.6 Å². The number of carbonyl (C=O) groups is 1. The Morgan fingerprint density at radius 3 is 3.00 bits per heavy atom. The third-order valence-corrected chi connectivity index (χ3v) is 2.97. The molecule has 4 heteroatoms. The Bertz CT molecular complexity index is 313. The fourth-order valence-corrected chi connectivity index (χ4v) is 2.06. The molecule has 4 nitrogen and oxygen atoms in total. The third kappa shape index (κ3) is 2.40. The summed E-state index contributed by atoms with van der Waals surface area (Å²) in [6, 6.07) is 0. The van der Waals surface area contributed by atoms with Gasteiger partial charge in [-0.15, -0.1) is 0 Å². The van der Waals surface area contributed by atoms with E-state index in [4.69, 9.17) is 14.6 Å². The van der Waals surface area contributed by atoms with Crippen molar-refractivity contribution in [2.45, 2.75) is 12.5 Å². The van der Waals surface area contributed by atoms with Gasteiger partial charge in [0.1, 0.15) is 12.4 Å². The quantitative estimate of drug-likeness (QED) is 0.708. The van der Waals surface area contributed by atoms with Crippen molar-refractivity contribution in [1.82, 2.24) is 0 Å². The Morgan fingerprint density at radius 1 is 1.50 bits per heavy atom. The maximum atomic E-state index is 10.9. The lowest BCUT2D eigenvalue weighted by molar-refractivity contribution is -0.105. The van der Waals surface area contributed by atoms with E-state index in [1.165, 1.54) is 0 Å². The van der Waals surface area contributed by atoms with E-state index in [1.54, 1.807) is 6.08 Å². The third-order valence-electron chi connectivity index (χ3n) is 2.97. The molecule has 0 saturated carbocycles. The van der Waals surface area contributed by atoms with Gasteiger partial charge in [0, 0.05) is 18.1 Å². The molecule has 0 aromatic rings. The minimum absolute atomic E-state index is 0.0872. The summed E-state index contributed by atoms with van der Waals surface area (Å²) in [4.78, 5) is 10.9. The number of hydrogen-bond donors (Lipinski definition) is 1. The predicted octanol–water partition coefficient (Wildman–Crippen LogP) is 0.466. The molecule has 16 heavy (non-hydrogen) atoms. The van der Waals surface area contributed by atoms with E-state index in [0.717, 1.165) is 11.9 Å². The van der Waals surface area contributed by atoms with Crippen molar-refractivity contribution in [1.29, 1.82) is 0 Å². The van der Waals surface area contributed by atoms with Gasteiger partial charge in [-0.3, -0.25) is 4.79 Å². The monoisotopic (exact) mass is 224 g/mol. The van der Waals surface area contributed by atoms with Gasteiger partial charge in [-0.1, -0.05) is 12.2 Å². The van der Waals surface area contributed by atoms with Crippen LogP contribution in [0.5, 0.6) is 0 Å². The highest BCUT2D eigenvalue weighted by Gasteiger charge is 2.25. The summed E-state index contributed by atoms with van der Waals surface area (Å²) in [5, 5.41) is 9.13. The van der Waals surface area contributed by atoms with E-state index in [1.807, 2.05) is 6.08 Å². The van der Waals surface area contributed by atoms with Gasteiger partial charge in [0.15, 0.2) is 0 Å². The van der Waals surface area contributed by atoms with Gasteiger partial charge in [-0.2, -0.15) is 0 Å². The fourth-order valence-electron chi connectivity index (χ4n) is 2.06. The molecule has 0 spiro atoms. The van der Waals surface area contributed by atoms with Gasteiger partial charge in [-0.25, -0.2) is 0 Å². The molecule has 1 saturated heterocycles. The maximum Gasteiger partial charge on any atom is 0.150 e. The van der Waals surface area contributed by atoms with Crippen LogP contribution in [0.2, 0.25) is 0 Å². The van der Waals surface area contributed by atoms with Gasteiger partial charge < -0.3 is 14.6 Å². The minimum Gasteiger partial charge on any atom is -0.396 e. The molecular weight excluding hydrogens is 208 g/mol. The zero-order chi connectivity index (χ0) is 11.4. The predicted molar refractivity (Wildman–Crippen MR) is 58.0 cm³/mol. The van der Waals surface area contributed by atoms with Crippen molar-refractivity contribution in [2.24, 2.45) is 5.92 Å². The van der Waals surface area contributed by atoms with Gasteiger partial charge in [-0.05, 0) is 12.0 Å². The topological polar surface area (TPSA) is 55.8 Å². The van der Waals surface area contributed by atoms with Crippen LogP contribution in [0.15, 0.2) is 23.3 Å². The van der Waals surface area contributed by atoms with Gasteiger partial charge in [0.05, 0.1) is 19.8 Å². The highest BCUT2D eigenvalue weighted by molar-refractivity contribution is 5.79. The van der Waals surface area contributed by atoms with Crippen LogP contribution in [0.25, 0.3) is 0 Å². The first kappa shape index (κ1) is 11.5. The lowest BCUT2D eigenvalue weighted by atomic mass is 9.87.